The Kier molecular flexibility index (Phi) is 15.2. The molecule has 0 aliphatic heterocycles. The van der Waals surface area contributed by atoms with Crippen LogP contribution in [0.5, 0.6) is 0 Å². The van der Waals surface area contributed by atoms with E-state index >= 15 is 0 Å². The van der Waals surface area contributed by atoms with Crippen LogP contribution in [0.1, 0.15) is 51.4 Å². The first-order chi connectivity index (χ1) is 10.4. The smallest absolute Gasteiger partial charge is 0.330 e. The second-order valence-corrected chi connectivity index (χ2v) is 4.64. The maximum Gasteiger partial charge on any atom is 0.330 e. The van der Waals surface area contributed by atoms with E-state index in [1.54, 1.807) is 0 Å². The zero-order chi connectivity index (χ0) is 17.4. The molecule has 0 atom stereocenters. The summed E-state index contributed by atoms with van der Waals surface area (Å²) in [5, 5.41) is 16.7. The van der Waals surface area contributed by atoms with E-state index in [0.29, 0.717) is 25.7 Å². The van der Waals surface area contributed by atoms with E-state index in [0.717, 1.165) is 38.3 Å². The molecule has 0 rings (SSSR count). The summed E-state index contributed by atoms with van der Waals surface area (Å²) < 4.78 is 0. The Hall–Kier alpha value is -2.24. The molecule has 0 saturated carbocycles. The van der Waals surface area contributed by atoms with Crippen LogP contribution in [-0.2, 0) is 19.2 Å². The average Bonchev–Trinajstić information content (AvgIpc) is 2.48. The molecule has 22 heavy (non-hydrogen) atoms. The Morgan fingerprint density at radius 1 is 0.727 bits per heavy atom. The predicted octanol–water partition coefficient (Wildman–Crippen LogP) is 2.77. The van der Waals surface area contributed by atoms with Gasteiger partial charge in [0.05, 0.1) is 0 Å². The minimum absolute atomic E-state index is 0.218. The summed E-state index contributed by atoms with van der Waals surface area (Å²) in [6.07, 6.45) is 6.58. The topological polar surface area (TPSA) is 109 Å². The molecule has 2 N–H and O–H groups in total. The van der Waals surface area contributed by atoms with Crippen LogP contribution in [-0.4, -0.2) is 34.7 Å². The van der Waals surface area contributed by atoms with Crippen LogP contribution < -0.4 is 0 Å². The van der Waals surface area contributed by atoms with Gasteiger partial charge in [-0.3, -0.25) is 0 Å². The van der Waals surface area contributed by atoms with Gasteiger partial charge in [0.2, 0.25) is 0 Å². The lowest BCUT2D eigenvalue weighted by Crippen LogP contribution is -1.98. The monoisotopic (exact) mass is 312 g/mol. The zero-order valence-electron chi connectivity index (χ0n) is 12.8. The molecule has 0 unspecified atom stereocenters. The number of carbonyl (C=O) groups is 4. The number of hydrogen-bond donors (Lipinski definition) is 2. The molecule has 0 aliphatic rings. The molecule has 0 heterocycles. The third-order valence-corrected chi connectivity index (χ3v) is 2.71. The summed E-state index contributed by atoms with van der Waals surface area (Å²) in [7, 11) is 0. The lowest BCUT2D eigenvalue weighted by atomic mass is 10.1. The number of aliphatic carboxylic acids is 2. The molecule has 0 aromatic rings. The fraction of sp³-hybridized carbons (Fsp3) is 0.500. The van der Waals surface area contributed by atoms with Crippen molar-refractivity contribution in [2.24, 2.45) is 0 Å². The fourth-order valence-electron chi connectivity index (χ4n) is 1.35. The highest BCUT2D eigenvalue weighted by molar-refractivity contribution is 5.86. The van der Waals surface area contributed by atoms with Crippen LogP contribution in [0.3, 0.4) is 0 Å². The lowest BCUT2D eigenvalue weighted by molar-refractivity contribution is -0.133. The molecule has 0 aliphatic carbocycles. The molecule has 0 fully saturated rings. The van der Waals surface area contributed by atoms with Crippen LogP contribution in [0.2, 0.25) is 0 Å². The van der Waals surface area contributed by atoms with Crippen molar-refractivity contribution >= 4 is 24.5 Å². The Balaban J connectivity index is 0. The largest absolute Gasteiger partial charge is 0.478 e. The van der Waals surface area contributed by atoms with Gasteiger partial charge < -0.3 is 19.8 Å². The molecule has 124 valence electrons. The summed E-state index contributed by atoms with van der Waals surface area (Å²) in [4.78, 5) is 40.1. The SMILES string of the molecule is C=C(CCCCC=O)C(=O)O.C=C(CCCCC=O)C(=O)O. The number of carboxylic acid groups (broad SMARTS) is 2. The van der Waals surface area contributed by atoms with E-state index in [2.05, 4.69) is 13.2 Å². The van der Waals surface area contributed by atoms with Crippen LogP contribution >= 0.6 is 0 Å². The number of carbonyl (C=O) groups excluding carboxylic acids is 2. The molecule has 6 heteroatoms. The third kappa shape index (κ3) is 15.8. The van der Waals surface area contributed by atoms with Crippen molar-refractivity contribution < 1.29 is 29.4 Å². The van der Waals surface area contributed by atoms with E-state index in [9.17, 15) is 19.2 Å². The zero-order valence-corrected chi connectivity index (χ0v) is 12.8. The van der Waals surface area contributed by atoms with Gasteiger partial charge in [0, 0.05) is 24.0 Å². The molecule has 0 amide bonds. The van der Waals surface area contributed by atoms with Gasteiger partial charge in [-0.15, -0.1) is 0 Å². The highest BCUT2D eigenvalue weighted by Crippen LogP contribution is 2.06. The first-order valence-corrected chi connectivity index (χ1v) is 7.06. The number of hydrogen-bond acceptors (Lipinski definition) is 4. The summed E-state index contributed by atoms with van der Waals surface area (Å²) in [6, 6.07) is 0. The van der Waals surface area contributed by atoms with Gasteiger partial charge in [-0.25, -0.2) is 9.59 Å². The fourth-order valence-corrected chi connectivity index (χ4v) is 1.35. The first kappa shape index (κ1) is 22.0. The van der Waals surface area contributed by atoms with Crippen molar-refractivity contribution in [1.82, 2.24) is 0 Å². The lowest BCUT2D eigenvalue weighted by Gasteiger charge is -1.96. The summed E-state index contributed by atoms with van der Waals surface area (Å²) in [5.41, 5.74) is 0.437. The molecular formula is C16H24O6. The number of unbranched alkanes of at least 4 members (excludes halogenated alkanes) is 4. The normalized spacial score (nSPS) is 9.09. The maximum absolute atomic E-state index is 10.2. The number of aldehydes is 2. The maximum atomic E-state index is 10.2. The van der Waals surface area contributed by atoms with Gasteiger partial charge in [-0.1, -0.05) is 13.2 Å². The van der Waals surface area contributed by atoms with Crippen LogP contribution in [0.15, 0.2) is 24.3 Å². The first-order valence-electron chi connectivity index (χ1n) is 7.06. The van der Waals surface area contributed by atoms with E-state index in [1.165, 1.54) is 0 Å². The predicted molar refractivity (Wildman–Crippen MR) is 82.6 cm³/mol. The van der Waals surface area contributed by atoms with Gasteiger partial charge >= 0.3 is 11.9 Å². The molecule has 6 nitrogen and oxygen atoms in total. The highest BCUT2D eigenvalue weighted by Gasteiger charge is 2.02. The van der Waals surface area contributed by atoms with Crippen LogP contribution in [0, 0.1) is 0 Å². The van der Waals surface area contributed by atoms with E-state index in [1.807, 2.05) is 0 Å². The van der Waals surface area contributed by atoms with Crippen molar-refractivity contribution in [2.45, 2.75) is 51.4 Å². The molecule has 0 radical (unpaired) electrons. The number of rotatable bonds is 12. The Labute approximate surface area is 130 Å². The van der Waals surface area contributed by atoms with Crippen molar-refractivity contribution in [3.8, 4) is 0 Å². The third-order valence-electron chi connectivity index (χ3n) is 2.71. The second kappa shape index (κ2) is 15.2. The Bertz CT molecular complexity index is 359. The van der Waals surface area contributed by atoms with E-state index in [4.69, 9.17) is 10.2 Å². The minimum Gasteiger partial charge on any atom is -0.478 e. The molecule has 0 spiro atoms. The van der Waals surface area contributed by atoms with Gasteiger partial charge in [0.25, 0.3) is 0 Å². The molecule has 0 saturated heterocycles. The van der Waals surface area contributed by atoms with Crippen molar-refractivity contribution in [1.29, 1.82) is 0 Å². The van der Waals surface area contributed by atoms with E-state index in [-0.39, 0.29) is 11.1 Å². The Morgan fingerprint density at radius 2 is 1.05 bits per heavy atom. The summed E-state index contributed by atoms with van der Waals surface area (Å²) in [5.74, 6) is -1.90. The van der Waals surface area contributed by atoms with Gasteiger partial charge in [0.15, 0.2) is 0 Å². The summed E-state index contributed by atoms with van der Waals surface area (Å²) >= 11 is 0. The van der Waals surface area contributed by atoms with Gasteiger partial charge in [-0.2, -0.15) is 0 Å². The summed E-state index contributed by atoms with van der Waals surface area (Å²) in [6.45, 7) is 6.73. The van der Waals surface area contributed by atoms with Crippen molar-refractivity contribution in [2.75, 3.05) is 0 Å². The second-order valence-electron chi connectivity index (χ2n) is 4.64. The minimum atomic E-state index is -0.948. The molecule has 0 aromatic carbocycles. The molecular weight excluding hydrogens is 288 g/mol. The number of carboxylic acids is 2. The molecule has 0 aromatic heterocycles. The van der Waals surface area contributed by atoms with Gasteiger partial charge in [0.1, 0.15) is 12.6 Å². The molecule has 0 bridgehead atoms. The van der Waals surface area contributed by atoms with Gasteiger partial charge in [-0.05, 0) is 38.5 Å². The van der Waals surface area contributed by atoms with Crippen molar-refractivity contribution in [3.05, 3.63) is 24.3 Å². The quantitative estimate of drug-likeness (QED) is 0.326. The van der Waals surface area contributed by atoms with E-state index < -0.39 is 11.9 Å². The van der Waals surface area contributed by atoms with Crippen LogP contribution in [0.25, 0.3) is 0 Å². The average molecular weight is 312 g/mol. The van der Waals surface area contributed by atoms with Crippen LogP contribution in [0.4, 0.5) is 0 Å². The van der Waals surface area contributed by atoms with Crippen molar-refractivity contribution in [3.63, 3.8) is 0 Å². The standard InChI is InChI=1S/2C8H12O3/c2*1-7(8(10)11)5-3-2-4-6-9/h2*6H,1-5H2,(H,10,11). The Morgan fingerprint density at radius 3 is 1.27 bits per heavy atom. The highest BCUT2D eigenvalue weighted by atomic mass is 16.4.